The van der Waals surface area contributed by atoms with Crippen molar-refractivity contribution in [2.24, 2.45) is 0 Å². The minimum atomic E-state index is -0.606. The number of amides is 1. The first-order valence-electron chi connectivity index (χ1n) is 9.14. The van der Waals surface area contributed by atoms with Crippen LogP contribution in [0.3, 0.4) is 0 Å². The summed E-state index contributed by atoms with van der Waals surface area (Å²) < 4.78 is 12.7. The molecule has 0 atom stereocenters. The average molecular weight is 478 g/mol. The molecule has 0 aliphatic rings. The summed E-state index contributed by atoms with van der Waals surface area (Å²) in [7, 11) is 3.29. The van der Waals surface area contributed by atoms with Crippen LogP contribution in [0.1, 0.15) is 18.4 Å². The SMILES string of the molecule is COc1ccc(Br)cc1CN(C)C(=O)CCCn1c(=O)oc2cc([N+](=O)[O-])ccc21. The number of benzene rings is 2. The molecular weight excluding hydrogens is 458 g/mol. The van der Waals surface area contributed by atoms with E-state index in [-0.39, 0.29) is 30.1 Å². The van der Waals surface area contributed by atoms with E-state index in [9.17, 15) is 19.7 Å². The van der Waals surface area contributed by atoms with Crippen LogP contribution in [0, 0.1) is 10.1 Å². The van der Waals surface area contributed by atoms with Gasteiger partial charge in [0, 0.05) is 42.7 Å². The summed E-state index contributed by atoms with van der Waals surface area (Å²) in [6.45, 7) is 0.656. The third kappa shape index (κ3) is 4.70. The molecule has 0 spiro atoms. The van der Waals surface area contributed by atoms with Crippen molar-refractivity contribution >= 4 is 38.6 Å². The highest BCUT2D eigenvalue weighted by Gasteiger charge is 2.16. The van der Waals surface area contributed by atoms with Crippen LogP contribution in [0.4, 0.5) is 5.69 Å². The number of non-ortho nitro benzene ring substituents is 1. The number of hydrogen-bond donors (Lipinski definition) is 0. The normalized spacial score (nSPS) is 10.9. The molecule has 3 rings (SSSR count). The number of aromatic nitrogens is 1. The third-order valence-electron chi connectivity index (χ3n) is 4.71. The highest BCUT2D eigenvalue weighted by molar-refractivity contribution is 9.10. The van der Waals surface area contributed by atoms with Crippen LogP contribution in [-0.2, 0) is 17.9 Å². The van der Waals surface area contributed by atoms with Crippen LogP contribution in [0.2, 0.25) is 0 Å². The molecule has 0 saturated heterocycles. The Bertz CT molecular complexity index is 1150. The number of aryl methyl sites for hydroxylation is 1. The smallest absolute Gasteiger partial charge is 0.419 e. The van der Waals surface area contributed by atoms with Crippen LogP contribution < -0.4 is 10.5 Å². The van der Waals surface area contributed by atoms with Gasteiger partial charge in [-0.2, -0.15) is 0 Å². The molecule has 3 aromatic rings. The molecule has 1 amide bonds. The van der Waals surface area contributed by atoms with Crippen LogP contribution in [-0.4, -0.2) is 34.5 Å². The molecule has 10 heteroatoms. The van der Waals surface area contributed by atoms with Crippen LogP contribution in [0.25, 0.3) is 11.1 Å². The lowest BCUT2D eigenvalue weighted by Crippen LogP contribution is -2.26. The monoisotopic (exact) mass is 477 g/mol. The van der Waals surface area contributed by atoms with Gasteiger partial charge in [-0.05, 0) is 30.7 Å². The number of methoxy groups -OCH3 is 1. The number of oxazole rings is 1. The Kier molecular flexibility index (Phi) is 6.56. The third-order valence-corrected chi connectivity index (χ3v) is 5.20. The fraction of sp³-hybridized carbons (Fsp3) is 0.300. The second-order valence-corrected chi connectivity index (χ2v) is 7.65. The van der Waals surface area contributed by atoms with Crippen molar-refractivity contribution in [1.82, 2.24) is 9.47 Å². The number of ether oxygens (including phenoxy) is 1. The minimum Gasteiger partial charge on any atom is -0.496 e. The first-order chi connectivity index (χ1) is 14.3. The van der Waals surface area contributed by atoms with Gasteiger partial charge in [-0.25, -0.2) is 4.79 Å². The van der Waals surface area contributed by atoms with Gasteiger partial charge in [0.2, 0.25) is 5.91 Å². The predicted molar refractivity (Wildman–Crippen MR) is 114 cm³/mol. The summed E-state index contributed by atoms with van der Waals surface area (Å²) in [6.07, 6.45) is 0.656. The van der Waals surface area contributed by atoms with Gasteiger partial charge in [-0.1, -0.05) is 15.9 Å². The summed E-state index contributed by atoms with van der Waals surface area (Å²) in [5, 5.41) is 10.9. The van der Waals surface area contributed by atoms with Crippen LogP contribution in [0.5, 0.6) is 5.75 Å². The molecule has 0 saturated carbocycles. The lowest BCUT2D eigenvalue weighted by atomic mass is 10.2. The Morgan fingerprint density at radius 1 is 1.30 bits per heavy atom. The molecule has 9 nitrogen and oxygen atoms in total. The molecule has 0 radical (unpaired) electrons. The van der Waals surface area contributed by atoms with Crippen molar-refractivity contribution < 1.29 is 18.9 Å². The molecule has 30 heavy (non-hydrogen) atoms. The Morgan fingerprint density at radius 2 is 2.07 bits per heavy atom. The average Bonchev–Trinajstić information content (AvgIpc) is 3.02. The van der Waals surface area contributed by atoms with Crippen molar-refractivity contribution in [3.8, 4) is 5.75 Å². The van der Waals surface area contributed by atoms with Crippen LogP contribution >= 0.6 is 15.9 Å². The van der Waals surface area contributed by atoms with Gasteiger partial charge in [-0.15, -0.1) is 0 Å². The molecule has 1 aromatic heterocycles. The number of carbonyl (C=O) groups is 1. The summed E-state index contributed by atoms with van der Waals surface area (Å²) in [5.41, 5.74) is 1.34. The zero-order valence-corrected chi connectivity index (χ0v) is 18.0. The van der Waals surface area contributed by atoms with Crippen LogP contribution in [0.15, 0.2) is 50.1 Å². The van der Waals surface area contributed by atoms with Gasteiger partial charge in [0.05, 0.1) is 23.6 Å². The van der Waals surface area contributed by atoms with Crippen molar-refractivity contribution in [3.05, 3.63) is 67.1 Å². The van der Waals surface area contributed by atoms with Crippen molar-refractivity contribution in [3.63, 3.8) is 0 Å². The predicted octanol–water partition coefficient (Wildman–Crippen LogP) is 3.71. The summed E-state index contributed by atoms with van der Waals surface area (Å²) in [4.78, 5) is 36.5. The lowest BCUT2D eigenvalue weighted by molar-refractivity contribution is -0.384. The van der Waals surface area contributed by atoms with E-state index in [2.05, 4.69) is 15.9 Å². The molecule has 0 N–H and O–H groups in total. The van der Waals surface area contributed by atoms with Gasteiger partial charge >= 0.3 is 5.76 Å². The van der Waals surface area contributed by atoms with E-state index in [1.54, 1.807) is 19.1 Å². The molecular formula is C20H20BrN3O6. The zero-order valence-electron chi connectivity index (χ0n) is 16.5. The molecule has 0 aliphatic carbocycles. The molecule has 0 fully saturated rings. The highest BCUT2D eigenvalue weighted by Crippen LogP contribution is 2.24. The van der Waals surface area contributed by atoms with E-state index in [0.29, 0.717) is 24.2 Å². The Hall–Kier alpha value is -3.14. The van der Waals surface area contributed by atoms with Gasteiger partial charge in [-0.3, -0.25) is 19.5 Å². The van der Waals surface area contributed by atoms with Gasteiger partial charge < -0.3 is 14.1 Å². The van der Waals surface area contributed by atoms with E-state index < -0.39 is 10.7 Å². The maximum Gasteiger partial charge on any atom is 0.419 e. The van der Waals surface area contributed by atoms with Crippen molar-refractivity contribution in [2.45, 2.75) is 25.9 Å². The Morgan fingerprint density at radius 3 is 2.77 bits per heavy atom. The Labute approximate surface area is 180 Å². The maximum absolute atomic E-state index is 12.5. The lowest BCUT2D eigenvalue weighted by Gasteiger charge is -2.19. The Balaban J connectivity index is 1.63. The van der Waals surface area contributed by atoms with E-state index in [4.69, 9.17) is 9.15 Å². The number of rotatable bonds is 8. The van der Waals surface area contributed by atoms with Gasteiger partial charge in [0.25, 0.3) is 5.69 Å². The fourth-order valence-corrected chi connectivity index (χ4v) is 3.58. The van der Waals surface area contributed by atoms with Crippen molar-refractivity contribution in [1.29, 1.82) is 0 Å². The van der Waals surface area contributed by atoms with Gasteiger partial charge in [0.15, 0.2) is 5.58 Å². The summed E-state index contributed by atoms with van der Waals surface area (Å²) in [6, 6.07) is 9.62. The topological polar surface area (TPSA) is 108 Å². The molecule has 158 valence electrons. The number of nitro benzene ring substituents is 1. The number of nitro groups is 1. The molecule has 0 unspecified atom stereocenters. The number of carbonyl (C=O) groups excluding carboxylic acids is 1. The highest BCUT2D eigenvalue weighted by atomic mass is 79.9. The van der Waals surface area contributed by atoms with Crippen molar-refractivity contribution in [2.75, 3.05) is 14.2 Å². The number of nitrogens with zero attached hydrogens (tertiary/aromatic N) is 3. The standard InChI is InChI=1S/C20H20BrN3O6/c1-22(12-13-10-14(21)5-8-17(13)29-2)19(25)4-3-9-23-16-7-6-15(24(27)28)11-18(16)30-20(23)26/h5-8,10-11H,3-4,9,12H2,1-2H3. The molecule has 2 aromatic carbocycles. The second kappa shape index (κ2) is 9.12. The van der Waals surface area contributed by atoms with E-state index in [1.807, 2.05) is 18.2 Å². The number of fused-ring (bicyclic) bond motifs is 1. The number of hydrogen-bond acceptors (Lipinski definition) is 6. The largest absolute Gasteiger partial charge is 0.496 e. The van der Waals surface area contributed by atoms with E-state index in [0.717, 1.165) is 10.0 Å². The fourth-order valence-electron chi connectivity index (χ4n) is 3.17. The summed E-state index contributed by atoms with van der Waals surface area (Å²) in [5.74, 6) is 0.0158. The summed E-state index contributed by atoms with van der Waals surface area (Å²) >= 11 is 3.42. The number of halogens is 1. The van der Waals surface area contributed by atoms with E-state index in [1.165, 1.54) is 22.8 Å². The quantitative estimate of drug-likeness (QED) is 0.361. The second-order valence-electron chi connectivity index (χ2n) is 6.74. The first-order valence-corrected chi connectivity index (χ1v) is 9.93. The zero-order chi connectivity index (χ0) is 21.8. The van der Waals surface area contributed by atoms with E-state index >= 15 is 0 Å². The molecule has 0 bridgehead atoms. The molecule has 0 aliphatic heterocycles. The minimum absolute atomic E-state index is 0.0754. The maximum atomic E-state index is 12.5. The first kappa shape index (κ1) is 21.6. The van der Waals surface area contributed by atoms with Gasteiger partial charge in [0.1, 0.15) is 5.75 Å². The molecule has 1 heterocycles.